The van der Waals surface area contributed by atoms with Crippen LogP contribution in [0.5, 0.6) is 0 Å². The molecule has 0 spiro atoms. The van der Waals surface area contributed by atoms with Crippen LogP contribution >= 0.6 is 0 Å². The highest BCUT2D eigenvalue weighted by Crippen LogP contribution is 2.12. The SMILES string of the molecule is CC(C)(C)NC(=O)C(=O)/C=C/c1ccc([N+](=O)[O-])cc1. The first-order valence-corrected chi connectivity index (χ1v) is 5.98. The van der Waals surface area contributed by atoms with Crippen LogP contribution in [0.1, 0.15) is 26.3 Å². The van der Waals surface area contributed by atoms with E-state index in [0.29, 0.717) is 5.56 Å². The Kier molecular flexibility index (Phi) is 4.74. The fraction of sp³-hybridized carbons (Fsp3) is 0.286. The molecule has 0 aliphatic heterocycles. The van der Waals surface area contributed by atoms with Gasteiger partial charge in [-0.1, -0.05) is 6.08 Å². The van der Waals surface area contributed by atoms with Crippen molar-refractivity contribution in [3.05, 3.63) is 46.0 Å². The predicted molar refractivity (Wildman–Crippen MR) is 75.0 cm³/mol. The fourth-order valence-corrected chi connectivity index (χ4v) is 1.36. The largest absolute Gasteiger partial charge is 0.345 e. The van der Waals surface area contributed by atoms with E-state index < -0.39 is 22.2 Å². The summed E-state index contributed by atoms with van der Waals surface area (Å²) in [6, 6.07) is 5.67. The van der Waals surface area contributed by atoms with Gasteiger partial charge in [-0.25, -0.2) is 0 Å². The summed E-state index contributed by atoms with van der Waals surface area (Å²) in [6.07, 6.45) is 2.58. The molecule has 1 N–H and O–H groups in total. The molecular weight excluding hydrogens is 260 g/mol. The number of benzene rings is 1. The molecule has 0 saturated carbocycles. The number of amides is 1. The zero-order valence-electron chi connectivity index (χ0n) is 11.5. The Morgan fingerprint density at radius 2 is 1.75 bits per heavy atom. The van der Waals surface area contributed by atoms with Crippen LogP contribution < -0.4 is 5.32 Å². The normalized spacial score (nSPS) is 11.3. The van der Waals surface area contributed by atoms with Crippen LogP contribution in [0.15, 0.2) is 30.3 Å². The zero-order valence-corrected chi connectivity index (χ0v) is 11.5. The molecule has 0 heterocycles. The molecule has 1 aromatic carbocycles. The maximum atomic E-state index is 11.6. The van der Waals surface area contributed by atoms with Crippen LogP contribution in [0, 0.1) is 10.1 Å². The van der Waals surface area contributed by atoms with Gasteiger partial charge in [-0.3, -0.25) is 19.7 Å². The number of hydrogen-bond acceptors (Lipinski definition) is 4. The molecule has 106 valence electrons. The lowest BCUT2D eigenvalue weighted by Crippen LogP contribution is -2.43. The second kappa shape index (κ2) is 6.10. The topological polar surface area (TPSA) is 89.3 Å². The van der Waals surface area contributed by atoms with E-state index in [1.165, 1.54) is 30.3 Å². The number of hydrogen-bond donors (Lipinski definition) is 1. The van der Waals surface area contributed by atoms with Gasteiger partial charge in [-0.2, -0.15) is 0 Å². The molecule has 6 nitrogen and oxygen atoms in total. The fourth-order valence-electron chi connectivity index (χ4n) is 1.36. The third-order valence-corrected chi connectivity index (χ3v) is 2.24. The van der Waals surface area contributed by atoms with Crippen LogP contribution in [0.4, 0.5) is 5.69 Å². The minimum atomic E-state index is -0.685. The van der Waals surface area contributed by atoms with Crippen molar-refractivity contribution in [2.24, 2.45) is 0 Å². The van der Waals surface area contributed by atoms with E-state index in [2.05, 4.69) is 5.32 Å². The van der Waals surface area contributed by atoms with Crippen LogP contribution in [-0.2, 0) is 9.59 Å². The standard InChI is InChI=1S/C14H16N2O4/c1-14(2,3)15-13(18)12(17)9-6-10-4-7-11(8-5-10)16(19)20/h4-9H,1-3H3,(H,15,18)/b9-6+. The number of nitrogens with zero attached hydrogens (tertiary/aromatic N) is 1. The summed E-state index contributed by atoms with van der Waals surface area (Å²) in [4.78, 5) is 33.1. The van der Waals surface area contributed by atoms with Crippen molar-refractivity contribution in [1.82, 2.24) is 5.32 Å². The van der Waals surface area contributed by atoms with Gasteiger partial charge >= 0.3 is 0 Å². The molecule has 0 unspecified atom stereocenters. The number of non-ortho nitro benzene ring substituents is 1. The minimum absolute atomic E-state index is 0.0287. The number of carbonyl (C=O) groups is 2. The molecule has 0 fully saturated rings. The lowest BCUT2D eigenvalue weighted by molar-refractivity contribution is -0.384. The molecule has 0 aliphatic carbocycles. The Balaban J connectivity index is 2.70. The van der Waals surface area contributed by atoms with Crippen molar-refractivity contribution in [3.8, 4) is 0 Å². The monoisotopic (exact) mass is 276 g/mol. The van der Waals surface area contributed by atoms with Crippen LogP contribution in [0.2, 0.25) is 0 Å². The second-order valence-corrected chi connectivity index (χ2v) is 5.25. The quantitative estimate of drug-likeness (QED) is 0.394. The molecule has 1 amide bonds. The molecule has 6 heteroatoms. The summed E-state index contributed by atoms with van der Waals surface area (Å²) < 4.78 is 0. The Hall–Kier alpha value is -2.50. The third kappa shape index (κ3) is 5.01. The van der Waals surface area contributed by atoms with Gasteiger partial charge in [0.2, 0.25) is 5.78 Å². The number of rotatable bonds is 4. The van der Waals surface area contributed by atoms with E-state index in [4.69, 9.17) is 0 Å². The van der Waals surface area contributed by atoms with Crippen molar-refractivity contribution in [1.29, 1.82) is 0 Å². The van der Waals surface area contributed by atoms with Gasteiger partial charge in [0.05, 0.1) is 4.92 Å². The van der Waals surface area contributed by atoms with Gasteiger partial charge in [-0.15, -0.1) is 0 Å². The second-order valence-electron chi connectivity index (χ2n) is 5.25. The first-order valence-electron chi connectivity index (χ1n) is 5.98. The van der Waals surface area contributed by atoms with E-state index in [1.807, 2.05) is 0 Å². The van der Waals surface area contributed by atoms with Crippen molar-refractivity contribution >= 4 is 23.5 Å². The molecular formula is C14H16N2O4. The van der Waals surface area contributed by atoms with Gasteiger partial charge in [0.1, 0.15) is 0 Å². The summed E-state index contributed by atoms with van der Waals surface area (Å²) >= 11 is 0. The van der Waals surface area contributed by atoms with Gasteiger partial charge in [0, 0.05) is 17.7 Å². The number of ketones is 1. The van der Waals surface area contributed by atoms with E-state index in [1.54, 1.807) is 20.8 Å². The third-order valence-electron chi connectivity index (χ3n) is 2.24. The molecule has 0 atom stereocenters. The number of nitrogens with one attached hydrogen (secondary N) is 1. The van der Waals surface area contributed by atoms with Crippen molar-refractivity contribution in [2.75, 3.05) is 0 Å². The van der Waals surface area contributed by atoms with E-state index in [-0.39, 0.29) is 5.69 Å². The van der Waals surface area contributed by atoms with E-state index in [9.17, 15) is 19.7 Å². The molecule has 0 bridgehead atoms. The van der Waals surface area contributed by atoms with Crippen molar-refractivity contribution < 1.29 is 14.5 Å². The smallest absolute Gasteiger partial charge is 0.292 e. The predicted octanol–water partition coefficient (Wildman–Crippen LogP) is 2.09. The average molecular weight is 276 g/mol. The lowest BCUT2D eigenvalue weighted by atomic mass is 10.1. The molecule has 1 rings (SSSR count). The molecule has 0 aliphatic rings. The Bertz CT molecular complexity index is 554. The Morgan fingerprint density at radius 3 is 2.20 bits per heavy atom. The number of nitro groups is 1. The highest BCUT2D eigenvalue weighted by atomic mass is 16.6. The van der Waals surface area contributed by atoms with Crippen molar-refractivity contribution in [2.45, 2.75) is 26.3 Å². The molecule has 0 saturated heterocycles. The first-order chi connectivity index (χ1) is 9.19. The minimum Gasteiger partial charge on any atom is -0.345 e. The first kappa shape index (κ1) is 15.6. The summed E-state index contributed by atoms with van der Waals surface area (Å²) in [7, 11) is 0. The van der Waals surface area contributed by atoms with Gasteiger partial charge in [0.25, 0.3) is 11.6 Å². The molecule has 0 radical (unpaired) electrons. The summed E-state index contributed by atoms with van der Waals surface area (Å²) in [6.45, 7) is 5.33. The zero-order chi connectivity index (χ0) is 15.3. The Labute approximate surface area is 116 Å². The lowest BCUT2D eigenvalue weighted by Gasteiger charge is -2.19. The van der Waals surface area contributed by atoms with Gasteiger partial charge in [0.15, 0.2) is 0 Å². The van der Waals surface area contributed by atoms with Crippen LogP contribution in [-0.4, -0.2) is 22.2 Å². The molecule has 20 heavy (non-hydrogen) atoms. The van der Waals surface area contributed by atoms with Crippen molar-refractivity contribution in [3.63, 3.8) is 0 Å². The van der Waals surface area contributed by atoms with E-state index >= 15 is 0 Å². The summed E-state index contributed by atoms with van der Waals surface area (Å²) in [5.74, 6) is -1.35. The highest BCUT2D eigenvalue weighted by Gasteiger charge is 2.17. The Morgan fingerprint density at radius 1 is 1.20 bits per heavy atom. The number of carbonyl (C=O) groups excluding carboxylic acids is 2. The summed E-state index contributed by atoms with van der Waals surface area (Å²) in [5, 5.41) is 13.0. The maximum Gasteiger partial charge on any atom is 0.292 e. The number of nitro benzene ring substituents is 1. The van der Waals surface area contributed by atoms with Gasteiger partial charge < -0.3 is 5.32 Å². The van der Waals surface area contributed by atoms with Crippen LogP contribution in [0.25, 0.3) is 6.08 Å². The van der Waals surface area contributed by atoms with Crippen LogP contribution in [0.3, 0.4) is 0 Å². The molecule has 0 aromatic heterocycles. The highest BCUT2D eigenvalue weighted by molar-refractivity contribution is 6.41. The summed E-state index contributed by atoms with van der Waals surface area (Å²) in [5.41, 5.74) is 0.0972. The van der Waals surface area contributed by atoms with E-state index in [0.717, 1.165) is 6.08 Å². The van der Waals surface area contributed by atoms with Gasteiger partial charge in [-0.05, 0) is 44.5 Å². The maximum absolute atomic E-state index is 11.6. The molecule has 1 aromatic rings. The average Bonchev–Trinajstić information content (AvgIpc) is 2.34.